The van der Waals surface area contributed by atoms with Crippen LogP contribution in [0.4, 0.5) is 13.2 Å². The SMILES string of the molecule is CCCc1cc2ccc(C(F)(F)OC3CCC(C4CCC(CCC)CC4)CC3)c(F)c2s1. The number of halogens is 3. The zero-order chi connectivity index (χ0) is 22.7. The topological polar surface area (TPSA) is 9.23 Å². The summed E-state index contributed by atoms with van der Waals surface area (Å²) in [5.74, 6) is 1.46. The fourth-order valence-corrected chi connectivity index (χ4v) is 7.22. The summed E-state index contributed by atoms with van der Waals surface area (Å²) in [4.78, 5) is 1.03. The van der Waals surface area contributed by atoms with Crippen molar-refractivity contribution >= 4 is 21.4 Å². The molecule has 2 saturated carbocycles. The van der Waals surface area contributed by atoms with Crippen molar-refractivity contribution in [1.82, 2.24) is 0 Å². The highest BCUT2D eigenvalue weighted by Crippen LogP contribution is 2.44. The first-order valence-corrected chi connectivity index (χ1v) is 13.5. The molecule has 0 saturated heterocycles. The van der Waals surface area contributed by atoms with Gasteiger partial charge in [0.15, 0.2) is 5.82 Å². The fraction of sp³-hybridized carbons (Fsp3) is 0.704. The maximum Gasteiger partial charge on any atom is 0.386 e. The lowest BCUT2D eigenvalue weighted by Gasteiger charge is -2.38. The smallest absolute Gasteiger partial charge is 0.313 e. The third-order valence-corrected chi connectivity index (χ3v) is 8.98. The zero-order valence-electron chi connectivity index (χ0n) is 19.5. The van der Waals surface area contributed by atoms with E-state index in [1.165, 1.54) is 55.9 Å². The Morgan fingerprint density at radius 3 is 2.22 bits per heavy atom. The van der Waals surface area contributed by atoms with Crippen LogP contribution in [0.15, 0.2) is 18.2 Å². The van der Waals surface area contributed by atoms with Gasteiger partial charge in [0.1, 0.15) is 0 Å². The third-order valence-electron chi connectivity index (χ3n) is 7.78. The second-order valence-corrected chi connectivity index (χ2v) is 11.2. The van der Waals surface area contributed by atoms with Crippen LogP contribution < -0.4 is 0 Å². The molecule has 2 aliphatic carbocycles. The number of thiophene rings is 1. The number of benzene rings is 1. The van der Waals surface area contributed by atoms with E-state index in [0.717, 1.165) is 42.4 Å². The molecule has 0 aliphatic heterocycles. The first kappa shape index (κ1) is 24.1. The summed E-state index contributed by atoms with van der Waals surface area (Å²) in [5.41, 5.74) is -0.619. The normalized spacial score (nSPS) is 27.2. The Bertz CT molecular complexity index is 876. The van der Waals surface area contributed by atoms with Crippen LogP contribution in [0.1, 0.15) is 94.9 Å². The second kappa shape index (κ2) is 10.5. The number of fused-ring (bicyclic) bond motifs is 1. The van der Waals surface area contributed by atoms with Gasteiger partial charge in [-0.05, 0) is 80.2 Å². The Kier molecular flexibility index (Phi) is 7.87. The van der Waals surface area contributed by atoms with Crippen LogP contribution in [-0.2, 0) is 17.3 Å². The van der Waals surface area contributed by atoms with E-state index in [-0.39, 0.29) is 0 Å². The molecule has 0 atom stereocenters. The summed E-state index contributed by atoms with van der Waals surface area (Å²) in [6.45, 7) is 4.32. The number of hydrogen-bond donors (Lipinski definition) is 0. The molecular formula is C27H37F3OS. The van der Waals surface area contributed by atoms with Gasteiger partial charge in [-0.2, -0.15) is 8.78 Å². The van der Waals surface area contributed by atoms with E-state index in [1.54, 1.807) is 6.07 Å². The van der Waals surface area contributed by atoms with Crippen molar-refractivity contribution in [2.45, 2.75) is 103 Å². The first-order chi connectivity index (χ1) is 15.4. The molecule has 0 amide bonds. The predicted molar refractivity (Wildman–Crippen MR) is 127 cm³/mol. The zero-order valence-corrected chi connectivity index (χ0v) is 20.3. The molecule has 0 bridgehead atoms. The average Bonchev–Trinajstić information content (AvgIpc) is 3.19. The van der Waals surface area contributed by atoms with E-state index in [0.29, 0.717) is 28.8 Å². The lowest BCUT2D eigenvalue weighted by Crippen LogP contribution is -2.32. The van der Waals surface area contributed by atoms with Crippen molar-refractivity contribution in [3.05, 3.63) is 34.5 Å². The molecular weight excluding hydrogens is 429 g/mol. The van der Waals surface area contributed by atoms with Gasteiger partial charge in [-0.1, -0.05) is 52.0 Å². The van der Waals surface area contributed by atoms with Crippen LogP contribution in [0.3, 0.4) is 0 Å². The van der Waals surface area contributed by atoms with Crippen LogP contribution in [0.5, 0.6) is 0 Å². The quantitative estimate of drug-likeness (QED) is 0.377. The van der Waals surface area contributed by atoms with Crippen molar-refractivity contribution in [3.63, 3.8) is 0 Å². The van der Waals surface area contributed by atoms with Gasteiger partial charge in [0.2, 0.25) is 0 Å². The van der Waals surface area contributed by atoms with E-state index < -0.39 is 23.6 Å². The van der Waals surface area contributed by atoms with Crippen molar-refractivity contribution in [1.29, 1.82) is 0 Å². The second-order valence-electron chi connectivity index (χ2n) is 10.0. The van der Waals surface area contributed by atoms with E-state index in [2.05, 4.69) is 13.8 Å². The van der Waals surface area contributed by atoms with E-state index >= 15 is 4.39 Å². The van der Waals surface area contributed by atoms with Crippen LogP contribution in [0.2, 0.25) is 0 Å². The van der Waals surface area contributed by atoms with E-state index in [4.69, 9.17) is 4.74 Å². The molecule has 32 heavy (non-hydrogen) atoms. The van der Waals surface area contributed by atoms with Gasteiger partial charge in [0.05, 0.1) is 16.4 Å². The number of rotatable bonds is 8. The molecule has 0 unspecified atom stereocenters. The molecule has 4 rings (SSSR count). The summed E-state index contributed by atoms with van der Waals surface area (Å²) in [5, 5.41) is 0.699. The molecule has 5 heteroatoms. The monoisotopic (exact) mass is 466 g/mol. The number of ether oxygens (including phenoxy) is 1. The first-order valence-electron chi connectivity index (χ1n) is 12.7. The third kappa shape index (κ3) is 5.35. The van der Waals surface area contributed by atoms with E-state index in [9.17, 15) is 8.78 Å². The predicted octanol–water partition coefficient (Wildman–Crippen LogP) is 9.22. The molecule has 2 aromatic rings. The molecule has 0 radical (unpaired) electrons. The summed E-state index contributed by atoms with van der Waals surface area (Å²) in [7, 11) is 0. The van der Waals surface area contributed by atoms with Gasteiger partial charge in [-0.3, -0.25) is 0 Å². The standard InChI is InChI=1S/C27H37F3OS/c1-3-5-18-7-9-19(10-8-18)20-11-14-22(15-12-20)31-27(29,30)24-16-13-21-17-23(6-4-2)32-26(21)25(24)28/h13,16-20,22H,3-12,14-15H2,1-2H3. The van der Waals surface area contributed by atoms with Crippen LogP contribution in [0, 0.1) is 23.6 Å². The van der Waals surface area contributed by atoms with Crippen LogP contribution >= 0.6 is 11.3 Å². The lowest BCUT2D eigenvalue weighted by molar-refractivity contribution is -0.279. The maximum absolute atomic E-state index is 15.0. The number of alkyl halides is 2. The molecule has 1 aromatic heterocycles. The molecule has 1 nitrogen and oxygen atoms in total. The molecule has 1 heterocycles. The van der Waals surface area contributed by atoms with Crippen molar-refractivity contribution in [3.8, 4) is 0 Å². The van der Waals surface area contributed by atoms with Crippen molar-refractivity contribution < 1.29 is 17.9 Å². The van der Waals surface area contributed by atoms with Crippen molar-refractivity contribution in [2.24, 2.45) is 17.8 Å². The summed E-state index contributed by atoms with van der Waals surface area (Å²) < 4.78 is 50.6. The molecule has 2 fully saturated rings. The summed E-state index contributed by atoms with van der Waals surface area (Å²) in [6.07, 6.45) is 8.77. The Morgan fingerprint density at radius 1 is 0.938 bits per heavy atom. The Labute approximate surface area is 194 Å². The number of aryl methyl sites for hydroxylation is 1. The molecule has 178 valence electrons. The minimum absolute atomic E-state index is 0.316. The van der Waals surface area contributed by atoms with Gasteiger partial charge >= 0.3 is 6.11 Å². The average molecular weight is 467 g/mol. The fourth-order valence-electron chi connectivity index (χ4n) is 6.02. The van der Waals surface area contributed by atoms with Crippen molar-refractivity contribution in [2.75, 3.05) is 0 Å². The minimum Gasteiger partial charge on any atom is -0.313 e. The van der Waals surface area contributed by atoms with Gasteiger partial charge in [0.25, 0.3) is 0 Å². The van der Waals surface area contributed by atoms with Gasteiger partial charge in [-0.25, -0.2) is 4.39 Å². The molecule has 1 aromatic carbocycles. The summed E-state index contributed by atoms with van der Waals surface area (Å²) >= 11 is 1.28. The van der Waals surface area contributed by atoms with Gasteiger partial charge < -0.3 is 4.74 Å². The minimum atomic E-state index is -3.59. The molecule has 0 spiro atoms. The molecule has 0 N–H and O–H groups in total. The Balaban J connectivity index is 1.35. The highest BCUT2D eigenvalue weighted by Gasteiger charge is 2.41. The maximum atomic E-state index is 15.0. The van der Waals surface area contributed by atoms with Gasteiger partial charge in [-0.15, -0.1) is 11.3 Å². The van der Waals surface area contributed by atoms with Gasteiger partial charge in [0, 0.05) is 4.88 Å². The highest BCUT2D eigenvalue weighted by atomic mass is 32.1. The Morgan fingerprint density at radius 2 is 1.59 bits per heavy atom. The van der Waals surface area contributed by atoms with Crippen LogP contribution in [-0.4, -0.2) is 6.10 Å². The highest BCUT2D eigenvalue weighted by molar-refractivity contribution is 7.19. The number of hydrogen-bond acceptors (Lipinski definition) is 2. The molecule has 2 aliphatic rings. The lowest BCUT2D eigenvalue weighted by atomic mass is 9.70. The summed E-state index contributed by atoms with van der Waals surface area (Å²) in [6, 6.07) is 4.72. The van der Waals surface area contributed by atoms with Crippen LogP contribution in [0.25, 0.3) is 10.1 Å². The van der Waals surface area contributed by atoms with E-state index in [1.807, 2.05) is 6.07 Å². The Hall–Kier alpha value is -1.07. The largest absolute Gasteiger partial charge is 0.386 e.